The third-order valence-corrected chi connectivity index (χ3v) is 6.08. The highest BCUT2D eigenvalue weighted by Gasteiger charge is 2.10. The second kappa shape index (κ2) is 12.1. The van der Waals surface area contributed by atoms with Crippen molar-refractivity contribution in [1.29, 1.82) is 0 Å². The molecule has 0 saturated carbocycles. The van der Waals surface area contributed by atoms with Crippen molar-refractivity contribution in [2.45, 2.75) is 0 Å². The van der Waals surface area contributed by atoms with E-state index in [9.17, 15) is 9.59 Å². The van der Waals surface area contributed by atoms with E-state index in [-0.39, 0.29) is 11.8 Å². The molecule has 3 aromatic carbocycles. The molecular weight excluding hydrogens is 502 g/mol. The summed E-state index contributed by atoms with van der Waals surface area (Å²) in [5, 5.41) is 10.1. The van der Waals surface area contributed by atoms with Crippen molar-refractivity contribution < 1.29 is 9.59 Å². The van der Waals surface area contributed by atoms with Gasteiger partial charge in [-0.2, -0.15) is 0 Å². The van der Waals surface area contributed by atoms with Crippen LogP contribution in [-0.4, -0.2) is 52.3 Å². The number of hydrogen-bond acceptors (Lipinski definition) is 6. The smallest absolute Gasteiger partial charge is 0.255 e. The van der Waals surface area contributed by atoms with Gasteiger partial charge in [0.15, 0.2) is 0 Å². The molecule has 0 atom stereocenters. The Morgan fingerprint density at radius 2 is 1.68 bits per heavy atom. The lowest BCUT2D eigenvalue weighted by molar-refractivity contribution is -0.111. The van der Waals surface area contributed by atoms with Crippen LogP contribution in [0, 0.1) is 0 Å². The molecule has 9 heteroatoms. The molecule has 0 fully saturated rings. The quantitative estimate of drug-likeness (QED) is 0.182. The minimum absolute atomic E-state index is 0.222. The molecule has 40 heavy (non-hydrogen) atoms. The maximum Gasteiger partial charge on any atom is 0.255 e. The van der Waals surface area contributed by atoms with Crippen molar-refractivity contribution in [3.63, 3.8) is 0 Å². The molecule has 200 valence electrons. The number of anilines is 4. The first-order valence-electron chi connectivity index (χ1n) is 12.7. The molecule has 9 nitrogen and oxygen atoms in total. The molecular formula is C31H29N7O2. The highest BCUT2D eigenvalue weighted by atomic mass is 16.2. The number of carbonyl (C=O) groups excluding carboxylic acids is 2. The first kappa shape index (κ1) is 26.3. The number of amides is 2. The van der Waals surface area contributed by atoms with E-state index in [1.54, 1.807) is 30.3 Å². The van der Waals surface area contributed by atoms with Crippen LogP contribution in [0.15, 0.2) is 104 Å². The number of aromatic amines is 1. The molecule has 2 heterocycles. The lowest BCUT2D eigenvalue weighted by Gasteiger charge is -2.10. The van der Waals surface area contributed by atoms with Gasteiger partial charge < -0.3 is 25.8 Å². The van der Waals surface area contributed by atoms with Gasteiger partial charge in [-0.3, -0.25) is 9.59 Å². The molecule has 2 amide bonds. The largest absolute Gasteiger partial charge is 0.360 e. The van der Waals surface area contributed by atoms with Gasteiger partial charge in [0.05, 0.1) is 5.69 Å². The molecule has 0 spiro atoms. The summed E-state index contributed by atoms with van der Waals surface area (Å²) in [6.07, 6.45) is 6.74. The number of nitrogens with zero attached hydrogens (tertiary/aromatic N) is 3. The molecule has 2 aromatic heterocycles. The van der Waals surface area contributed by atoms with Gasteiger partial charge in [0.25, 0.3) is 5.91 Å². The van der Waals surface area contributed by atoms with E-state index < -0.39 is 0 Å². The van der Waals surface area contributed by atoms with Crippen LogP contribution in [0.25, 0.3) is 22.2 Å². The molecule has 0 unspecified atom stereocenters. The third kappa shape index (κ3) is 6.58. The van der Waals surface area contributed by atoms with E-state index in [0.717, 1.165) is 27.8 Å². The lowest BCUT2D eigenvalue weighted by Crippen LogP contribution is -2.13. The van der Waals surface area contributed by atoms with Crippen molar-refractivity contribution in [2.75, 3.05) is 36.6 Å². The molecule has 5 aromatic rings. The normalized spacial score (nSPS) is 11.2. The number of benzene rings is 3. The Morgan fingerprint density at radius 3 is 2.50 bits per heavy atom. The summed E-state index contributed by atoms with van der Waals surface area (Å²) >= 11 is 0. The fourth-order valence-electron chi connectivity index (χ4n) is 4.14. The average Bonchev–Trinajstić information content (AvgIpc) is 3.38. The summed E-state index contributed by atoms with van der Waals surface area (Å²) in [6, 6.07) is 24.1. The Hall–Kier alpha value is -5.28. The minimum atomic E-state index is -0.260. The minimum Gasteiger partial charge on any atom is -0.360 e. The van der Waals surface area contributed by atoms with Gasteiger partial charge in [-0.25, -0.2) is 9.97 Å². The van der Waals surface area contributed by atoms with Crippen LogP contribution in [-0.2, 0) is 4.79 Å². The predicted molar refractivity (Wildman–Crippen MR) is 160 cm³/mol. The van der Waals surface area contributed by atoms with Gasteiger partial charge in [-0.1, -0.05) is 30.3 Å². The first-order chi connectivity index (χ1) is 19.4. The predicted octanol–water partition coefficient (Wildman–Crippen LogP) is 5.68. The van der Waals surface area contributed by atoms with Crippen molar-refractivity contribution in [1.82, 2.24) is 19.9 Å². The number of aromatic nitrogens is 3. The number of likely N-dealkylation sites (N-methyl/N-ethyl adjacent to an activating group) is 1. The molecule has 0 aliphatic heterocycles. The van der Waals surface area contributed by atoms with Crippen LogP contribution in [0.2, 0.25) is 0 Å². The monoisotopic (exact) mass is 531 g/mol. The van der Waals surface area contributed by atoms with Gasteiger partial charge in [0, 0.05) is 64.0 Å². The zero-order valence-corrected chi connectivity index (χ0v) is 22.2. The van der Waals surface area contributed by atoms with Crippen molar-refractivity contribution in [3.05, 3.63) is 109 Å². The molecule has 0 aliphatic rings. The van der Waals surface area contributed by atoms with E-state index >= 15 is 0 Å². The third-order valence-electron chi connectivity index (χ3n) is 6.08. The standard InChI is InChI=1S/C31H29N7O2/c1-38(2)16-6-11-30(39)36-22-14-12-21(13-15-22)31(40)37-24-8-5-7-23(17-24)35-29-18-28(33-20-34-29)26-19-32-27-10-4-3-9-25(26)27/h3-15,17-20,32H,16H2,1-2H3,(H,36,39)(H,37,40)(H,33,34,35)/b11-6+. The van der Waals surface area contributed by atoms with Gasteiger partial charge in [0.1, 0.15) is 12.1 Å². The Bertz CT molecular complexity index is 1670. The number of rotatable bonds is 9. The van der Waals surface area contributed by atoms with Crippen LogP contribution >= 0.6 is 0 Å². The fourth-order valence-corrected chi connectivity index (χ4v) is 4.14. The zero-order chi connectivity index (χ0) is 27.9. The van der Waals surface area contributed by atoms with Gasteiger partial charge in [-0.15, -0.1) is 0 Å². The molecule has 5 rings (SSSR count). The number of nitrogens with one attached hydrogen (secondary N) is 4. The van der Waals surface area contributed by atoms with Crippen LogP contribution in [0.3, 0.4) is 0 Å². The second-order valence-corrected chi connectivity index (χ2v) is 9.43. The molecule has 0 bridgehead atoms. The van der Waals surface area contributed by atoms with E-state index in [1.165, 1.54) is 12.4 Å². The van der Waals surface area contributed by atoms with Crippen molar-refractivity contribution >= 4 is 45.6 Å². The number of hydrogen-bond donors (Lipinski definition) is 4. The number of fused-ring (bicyclic) bond motifs is 1. The SMILES string of the molecule is CN(C)C/C=C/C(=O)Nc1ccc(C(=O)Nc2cccc(Nc3cc(-c4c[nH]c5ccccc45)ncn3)c2)cc1. The number of H-pyrrole nitrogens is 1. The Labute approximate surface area is 232 Å². The molecule has 4 N–H and O–H groups in total. The Morgan fingerprint density at radius 1 is 0.875 bits per heavy atom. The Kier molecular flexibility index (Phi) is 7.94. The summed E-state index contributed by atoms with van der Waals surface area (Å²) in [5.41, 5.74) is 5.31. The van der Waals surface area contributed by atoms with E-state index in [2.05, 4.69) is 37.0 Å². The van der Waals surface area contributed by atoms with Gasteiger partial charge in [-0.05, 0) is 62.6 Å². The van der Waals surface area contributed by atoms with Crippen molar-refractivity contribution in [2.24, 2.45) is 0 Å². The summed E-state index contributed by atoms with van der Waals surface area (Å²) in [5.74, 6) is 0.151. The topological polar surface area (TPSA) is 115 Å². The van der Waals surface area contributed by atoms with Crippen molar-refractivity contribution in [3.8, 4) is 11.3 Å². The summed E-state index contributed by atoms with van der Waals surface area (Å²) in [6.45, 7) is 0.675. The number of para-hydroxylation sites is 1. The van der Waals surface area contributed by atoms with E-state index in [0.29, 0.717) is 29.3 Å². The lowest BCUT2D eigenvalue weighted by atomic mass is 10.1. The first-order valence-corrected chi connectivity index (χ1v) is 12.7. The van der Waals surface area contributed by atoms with E-state index in [4.69, 9.17) is 0 Å². The average molecular weight is 532 g/mol. The number of carbonyl (C=O) groups is 2. The highest BCUT2D eigenvalue weighted by molar-refractivity contribution is 6.05. The highest BCUT2D eigenvalue weighted by Crippen LogP contribution is 2.28. The van der Waals surface area contributed by atoms with Crippen LogP contribution in [0.1, 0.15) is 10.4 Å². The molecule has 0 saturated heterocycles. The maximum atomic E-state index is 12.8. The summed E-state index contributed by atoms with van der Waals surface area (Å²) in [7, 11) is 3.86. The van der Waals surface area contributed by atoms with Crippen LogP contribution in [0.4, 0.5) is 22.9 Å². The van der Waals surface area contributed by atoms with Crippen LogP contribution < -0.4 is 16.0 Å². The van der Waals surface area contributed by atoms with Crippen LogP contribution in [0.5, 0.6) is 0 Å². The zero-order valence-electron chi connectivity index (χ0n) is 22.2. The maximum absolute atomic E-state index is 12.8. The molecule has 0 aliphatic carbocycles. The summed E-state index contributed by atoms with van der Waals surface area (Å²) in [4.78, 5) is 38.9. The summed E-state index contributed by atoms with van der Waals surface area (Å²) < 4.78 is 0. The fraction of sp³-hybridized carbons (Fsp3) is 0.0968. The second-order valence-electron chi connectivity index (χ2n) is 9.43. The van der Waals surface area contributed by atoms with Gasteiger partial charge in [0.2, 0.25) is 5.91 Å². The van der Waals surface area contributed by atoms with E-state index in [1.807, 2.05) is 73.7 Å². The van der Waals surface area contributed by atoms with Gasteiger partial charge >= 0.3 is 0 Å². The molecule has 0 radical (unpaired) electrons. The Balaban J connectivity index is 1.22.